The zero-order valence-corrected chi connectivity index (χ0v) is 25.0. The van der Waals surface area contributed by atoms with Gasteiger partial charge in [-0.25, -0.2) is 13.8 Å². The number of anilines is 1. The maximum Gasteiger partial charge on any atom is 0.416 e. The lowest BCUT2D eigenvalue weighted by molar-refractivity contribution is -0.137. The molecule has 2 amide bonds. The molecule has 0 atom stereocenters. The first-order chi connectivity index (χ1) is 20.9. The third-order valence-electron chi connectivity index (χ3n) is 6.78. The van der Waals surface area contributed by atoms with Crippen LogP contribution in [0.4, 0.5) is 18.9 Å². The predicted molar refractivity (Wildman–Crippen MR) is 160 cm³/mol. The number of rotatable bonds is 11. The van der Waals surface area contributed by atoms with Crippen LogP contribution in [0, 0.1) is 0 Å². The molecule has 0 aromatic heterocycles. The Labute approximate surface area is 258 Å². The lowest BCUT2D eigenvalue weighted by atomic mass is 9.95. The van der Waals surface area contributed by atoms with E-state index < -0.39 is 39.9 Å². The highest BCUT2D eigenvalue weighted by Gasteiger charge is 2.34. The standard InChI is InChI=1S/C30H30ClF3N4O5S/c31-26-16-13-22(30(32,33)34)17-27(26)38(44(41,42)25-9-5-2-6-10-25)19-28(39)37-35-18-21-11-14-24(15-12-21)43-20-29(40)36-23-7-3-1-4-8-23/h2,5-6,9-18,23H,1,3-4,7-8,19-20H2,(H,36,40)(H,37,39)/b35-18-. The molecule has 14 heteroatoms. The summed E-state index contributed by atoms with van der Waals surface area (Å²) in [6.45, 7) is -1.04. The van der Waals surface area contributed by atoms with E-state index in [1.54, 1.807) is 30.3 Å². The Kier molecular flexibility index (Phi) is 10.9. The van der Waals surface area contributed by atoms with Crippen LogP contribution in [-0.4, -0.2) is 45.6 Å². The Morgan fingerprint density at radius 1 is 0.977 bits per heavy atom. The van der Waals surface area contributed by atoms with E-state index in [1.807, 2.05) is 0 Å². The number of halogens is 4. The Morgan fingerprint density at radius 2 is 1.66 bits per heavy atom. The van der Waals surface area contributed by atoms with Gasteiger partial charge in [-0.15, -0.1) is 0 Å². The van der Waals surface area contributed by atoms with Crippen molar-refractivity contribution in [1.82, 2.24) is 10.7 Å². The van der Waals surface area contributed by atoms with Gasteiger partial charge in [0, 0.05) is 6.04 Å². The smallest absolute Gasteiger partial charge is 0.416 e. The van der Waals surface area contributed by atoms with E-state index in [2.05, 4.69) is 15.8 Å². The summed E-state index contributed by atoms with van der Waals surface area (Å²) in [5.41, 5.74) is 1.07. The number of amides is 2. The number of hydrogen-bond donors (Lipinski definition) is 2. The number of hydrogen-bond acceptors (Lipinski definition) is 6. The lowest BCUT2D eigenvalue weighted by Crippen LogP contribution is -2.40. The first-order valence-corrected chi connectivity index (χ1v) is 15.5. The van der Waals surface area contributed by atoms with Crippen LogP contribution in [0.5, 0.6) is 5.75 Å². The van der Waals surface area contributed by atoms with Crippen molar-refractivity contribution in [3.63, 3.8) is 0 Å². The van der Waals surface area contributed by atoms with Crippen molar-refractivity contribution in [3.8, 4) is 5.75 Å². The van der Waals surface area contributed by atoms with Crippen molar-refractivity contribution < 1.29 is 35.9 Å². The maximum atomic E-state index is 13.4. The van der Waals surface area contributed by atoms with Crippen LogP contribution in [0.25, 0.3) is 0 Å². The van der Waals surface area contributed by atoms with E-state index in [9.17, 15) is 31.2 Å². The molecule has 0 radical (unpaired) electrons. The fraction of sp³-hybridized carbons (Fsp3) is 0.300. The number of nitrogens with zero attached hydrogens (tertiary/aromatic N) is 2. The average molecular weight is 651 g/mol. The topological polar surface area (TPSA) is 117 Å². The highest BCUT2D eigenvalue weighted by Crippen LogP contribution is 2.37. The molecule has 2 N–H and O–H groups in total. The van der Waals surface area contributed by atoms with Crippen LogP contribution < -0.4 is 19.8 Å². The van der Waals surface area contributed by atoms with Crippen LogP contribution in [0.15, 0.2) is 82.8 Å². The molecule has 0 spiro atoms. The zero-order chi connectivity index (χ0) is 31.7. The molecule has 3 aromatic carbocycles. The van der Waals surface area contributed by atoms with Gasteiger partial charge in [-0.05, 0) is 73.0 Å². The van der Waals surface area contributed by atoms with Crippen LogP contribution in [0.2, 0.25) is 5.02 Å². The number of ether oxygens (including phenoxy) is 1. The van der Waals surface area contributed by atoms with E-state index in [4.69, 9.17) is 16.3 Å². The van der Waals surface area contributed by atoms with E-state index >= 15 is 0 Å². The van der Waals surface area contributed by atoms with Gasteiger partial charge in [0.2, 0.25) is 0 Å². The van der Waals surface area contributed by atoms with Crippen LogP contribution >= 0.6 is 11.6 Å². The number of alkyl halides is 3. The second-order valence-corrected chi connectivity index (χ2v) is 12.3. The minimum absolute atomic E-state index is 0.127. The summed E-state index contributed by atoms with van der Waals surface area (Å²) in [6.07, 6.45) is 1.83. The number of carbonyl (C=O) groups excluding carboxylic acids is 2. The fourth-order valence-corrected chi connectivity index (χ4v) is 6.28. The summed E-state index contributed by atoms with van der Waals surface area (Å²) in [4.78, 5) is 24.7. The highest BCUT2D eigenvalue weighted by atomic mass is 35.5. The normalized spacial score (nSPS) is 14.3. The maximum absolute atomic E-state index is 13.4. The summed E-state index contributed by atoms with van der Waals surface area (Å²) in [5.74, 6) is -0.678. The van der Waals surface area contributed by atoms with Crippen molar-refractivity contribution in [2.75, 3.05) is 17.5 Å². The first-order valence-electron chi connectivity index (χ1n) is 13.7. The van der Waals surface area contributed by atoms with Gasteiger partial charge >= 0.3 is 6.18 Å². The Hall–Kier alpha value is -4.10. The van der Waals surface area contributed by atoms with Crippen molar-refractivity contribution >= 4 is 45.3 Å². The van der Waals surface area contributed by atoms with Gasteiger partial charge < -0.3 is 10.1 Å². The Morgan fingerprint density at radius 3 is 2.32 bits per heavy atom. The minimum atomic E-state index is -4.78. The van der Waals surface area contributed by atoms with E-state index in [-0.39, 0.29) is 28.5 Å². The molecular weight excluding hydrogens is 621 g/mol. The molecule has 0 heterocycles. The van der Waals surface area contributed by atoms with Gasteiger partial charge in [0.15, 0.2) is 6.61 Å². The molecule has 3 aromatic rings. The molecule has 9 nitrogen and oxygen atoms in total. The number of nitrogens with one attached hydrogen (secondary N) is 2. The molecular formula is C30H30ClF3N4O5S. The van der Waals surface area contributed by atoms with Gasteiger partial charge in [0.1, 0.15) is 12.3 Å². The summed E-state index contributed by atoms with van der Waals surface area (Å²) < 4.78 is 73.2. The quantitative estimate of drug-likeness (QED) is 0.209. The zero-order valence-electron chi connectivity index (χ0n) is 23.4. The summed E-state index contributed by atoms with van der Waals surface area (Å²) in [5, 5.41) is 6.49. The van der Waals surface area contributed by atoms with E-state index in [0.29, 0.717) is 27.8 Å². The van der Waals surface area contributed by atoms with Crippen LogP contribution in [-0.2, 0) is 25.8 Å². The van der Waals surface area contributed by atoms with Crippen molar-refractivity contribution in [1.29, 1.82) is 0 Å². The molecule has 4 rings (SSSR count). The molecule has 44 heavy (non-hydrogen) atoms. The van der Waals surface area contributed by atoms with Gasteiger partial charge in [0.25, 0.3) is 21.8 Å². The largest absolute Gasteiger partial charge is 0.484 e. The minimum Gasteiger partial charge on any atom is -0.484 e. The summed E-state index contributed by atoms with van der Waals surface area (Å²) in [7, 11) is -4.51. The van der Waals surface area contributed by atoms with Crippen LogP contribution in [0.1, 0.15) is 43.2 Å². The van der Waals surface area contributed by atoms with Gasteiger partial charge in [-0.3, -0.25) is 13.9 Å². The highest BCUT2D eigenvalue weighted by molar-refractivity contribution is 7.92. The number of benzene rings is 3. The van der Waals surface area contributed by atoms with Crippen molar-refractivity contribution in [2.24, 2.45) is 5.10 Å². The van der Waals surface area contributed by atoms with Crippen molar-refractivity contribution in [3.05, 3.63) is 88.9 Å². The fourth-order valence-electron chi connectivity index (χ4n) is 4.56. The Bertz CT molecular complexity index is 1580. The molecule has 234 valence electrons. The Balaban J connectivity index is 1.40. The number of hydrazone groups is 1. The predicted octanol–water partition coefficient (Wildman–Crippen LogP) is 5.53. The number of carbonyl (C=O) groups is 2. The molecule has 1 saturated carbocycles. The SMILES string of the molecule is O=C(CN(c1cc(C(F)(F)F)ccc1Cl)S(=O)(=O)c1ccccc1)N/N=C\c1ccc(OCC(=O)NC2CCCCC2)cc1. The van der Waals surface area contributed by atoms with Gasteiger partial charge in [0.05, 0.1) is 27.4 Å². The van der Waals surface area contributed by atoms with Gasteiger partial charge in [-0.1, -0.05) is 49.1 Å². The second-order valence-electron chi connectivity index (χ2n) is 10.0. The molecule has 0 aliphatic heterocycles. The third-order valence-corrected chi connectivity index (χ3v) is 8.88. The van der Waals surface area contributed by atoms with Crippen LogP contribution in [0.3, 0.4) is 0 Å². The molecule has 1 fully saturated rings. The second kappa shape index (κ2) is 14.6. The van der Waals surface area contributed by atoms with Gasteiger partial charge in [-0.2, -0.15) is 18.3 Å². The first kappa shape index (κ1) is 32.8. The lowest BCUT2D eigenvalue weighted by Gasteiger charge is -2.25. The molecule has 0 unspecified atom stereocenters. The molecule has 1 aliphatic rings. The van der Waals surface area contributed by atoms with Crippen molar-refractivity contribution in [2.45, 2.75) is 49.2 Å². The monoisotopic (exact) mass is 650 g/mol. The summed E-state index contributed by atoms with van der Waals surface area (Å²) in [6, 6.07) is 15.8. The van der Waals surface area contributed by atoms with E-state index in [1.165, 1.54) is 36.9 Å². The molecule has 1 aliphatic carbocycles. The summed E-state index contributed by atoms with van der Waals surface area (Å²) >= 11 is 6.13. The third kappa shape index (κ3) is 8.96. The number of sulfonamides is 1. The average Bonchev–Trinajstić information content (AvgIpc) is 3.00. The molecule has 0 bridgehead atoms. The van der Waals surface area contributed by atoms with E-state index in [0.717, 1.165) is 31.7 Å². The molecule has 0 saturated heterocycles.